The third kappa shape index (κ3) is 5.24. The summed E-state index contributed by atoms with van der Waals surface area (Å²) in [5.41, 5.74) is 0.395. The molecule has 0 atom stereocenters. The van der Waals surface area contributed by atoms with Crippen LogP contribution >= 0.6 is 11.8 Å². The molecule has 10 heteroatoms. The van der Waals surface area contributed by atoms with Crippen molar-refractivity contribution in [3.63, 3.8) is 0 Å². The minimum atomic E-state index is -3.68. The van der Waals surface area contributed by atoms with Crippen LogP contribution in [0.15, 0.2) is 69.5 Å². The Morgan fingerprint density at radius 3 is 2.68 bits per heavy atom. The smallest absolute Gasteiger partial charge is 0.251 e. The fraction of sp³-hybridized carbons (Fsp3) is 0.222. The third-order valence-corrected chi connectivity index (χ3v) is 6.32. The van der Waals surface area contributed by atoms with Crippen molar-refractivity contribution in [2.45, 2.75) is 16.6 Å². The van der Waals surface area contributed by atoms with Gasteiger partial charge in [0.15, 0.2) is 5.16 Å². The van der Waals surface area contributed by atoms with Gasteiger partial charge in [0.2, 0.25) is 10.0 Å². The van der Waals surface area contributed by atoms with Gasteiger partial charge in [0.25, 0.3) is 5.91 Å². The Balaban J connectivity index is 1.50. The molecule has 3 rings (SSSR count). The number of thioether (sulfide) groups is 1. The van der Waals surface area contributed by atoms with E-state index >= 15 is 0 Å². The quantitative estimate of drug-likeness (QED) is 0.405. The summed E-state index contributed by atoms with van der Waals surface area (Å²) in [6.45, 7) is 0.534. The second-order valence-corrected chi connectivity index (χ2v) is 8.68. The molecule has 0 bridgehead atoms. The lowest BCUT2D eigenvalue weighted by Crippen LogP contribution is -2.26. The van der Waals surface area contributed by atoms with Gasteiger partial charge in [-0.25, -0.2) is 18.1 Å². The topological polar surface area (TPSA) is 106 Å². The van der Waals surface area contributed by atoms with Crippen LogP contribution in [0.3, 0.4) is 0 Å². The highest BCUT2D eigenvalue weighted by atomic mass is 32.2. The largest absolute Gasteiger partial charge is 0.468 e. The third-order valence-electron chi connectivity index (χ3n) is 3.84. The number of rotatable bonds is 9. The summed E-state index contributed by atoms with van der Waals surface area (Å²) in [6.07, 6.45) is 5.06. The first-order chi connectivity index (χ1) is 13.5. The van der Waals surface area contributed by atoms with Crippen LogP contribution in [0, 0.1) is 0 Å². The normalized spacial score (nSPS) is 11.5. The molecule has 0 unspecified atom stereocenters. The summed E-state index contributed by atoms with van der Waals surface area (Å²) in [6, 6.07) is 9.16. The van der Waals surface area contributed by atoms with Crippen molar-refractivity contribution >= 4 is 27.7 Å². The number of hydrogen-bond donors (Lipinski definition) is 2. The predicted molar refractivity (Wildman–Crippen MR) is 105 cm³/mol. The van der Waals surface area contributed by atoms with Crippen LogP contribution in [0.4, 0.5) is 0 Å². The second-order valence-electron chi connectivity index (χ2n) is 5.85. The van der Waals surface area contributed by atoms with Crippen LogP contribution < -0.4 is 10.0 Å². The van der Waals surface area contributed by atoms with Gasteiger partial charge in [-0.3, -0.25) is 4.79 Å². The molecule has 2 aromatic heterocycles. The van der Waals surface area contributed by atoms with Gasteiger partial charge in [0.1, 0.15) is 5.76 Å². The maximum atomic E-state index is 12.3. The summed E-state index contributed by atoms with van der Waals surface area (Å²) >= 11 is 1.54. The van der Waals surface area contributed by atoms with Gasteiger partial charge in [0.05, 0.1) is 17.7 Å². The summed E-state index contributed by atoms with van der Waals surface area (Å²) in [5, 5.41) is 3.69. The van der Waals surface area contributed by atoms with Crippen LogP contribution in [0.5, 0.6) is 0 Å². The highest BCUT2D eigenvalue weighted by molar-refractivity contribution is 7.99. The predicted octanol–water partition coefficient (Wildman–Crippen LogP) is 2.01. The van der Waals surface area contributed by atoms with Gasteiger partial charge < -0.3 is 14.3 Å². The van der Waals surface area contributed by atoms with E-state index in [0.717, 1.165) is 5.16 Å². The molecule has 1 aromatic carbocycles. The lowest BCUT2D eigenvalue weighted by Gasteiger charge is -2.08. The van der Waals surface area contributed by atoms with E-state index in [4.69, 9.17) is 4.42 Å². The fourth-order valence-corrected chi connectivity index (χ4v) is 4.13. The SMILES string of the molecule is Cn1ccnc1SCCNC(=O)c1ccc(S(=O)(=O)NCc2ccco2)cc1. The first kappa shape index (κ1) is 20.2. The maximum Gasteiger partial charge on any atom is 0.251 e. The number of aromatic nitrogens is 2. The van der Waals surface area contributed by atoms with Gasteiger partial charge in [0, 0.05) is 37.3 Å². The minimum absolute atomic E-state index is 0.0608. The van der Waals surface area contributed by atoms with E-state index in [2.05, 4.69) is 15.0 Å². The highest BCUT2D eigenvalue weighted by Gasteiger charge is 2.15. The first-order valence-corrected chi connectivity index (χ1v) is 10.9. The van der Waals surface area contributed by atoms with E-state index in [1.165, 1.54) is 30.5 Å². The second kappa shape index (κ2) is 9.09. The molecule has 2 heterocycles. The summed E-state index contributed by atoms with van der Waals surface area (Å²) < 4.78 is 34.1. The summed E-state index contributed by atoms with van der Waals surface area (Å²) in [7, 11) is -1.77. The number of furan rings is 1. The summed E-state index contributed by atoms with van der Waals surface area (Å²) in [4.78, 5) is 16.5. The van der Waals surface area contributed by atoms with Crippen molar-refractivity contribution in [3.8, 4) is 0 Å². The molecule has 2 N–H and O–H groups in total. The molecule has 0 aliphatic carbocycles. The molecule has 0 radical (unpaired) electrons. The van der Waals surface area contributed by atoms with E-state index in [-0.39, 0.29) is 17.3 Å². The Hall–Kier alpha value is -2.56. The Kier molecular flexibility index (Phi) is 6.55. The van der Waals surface area contributed by atoms with Crippen molar-refractivity contribution in [3.05, 3.63) is 66.4 Å². The zero-order chi connectivity index (χ0) is 20.0. The molecule has 148 valence electrons. The summed E-state index contributed by atoms with van der Waals surface area (Å²) in [5.74, 6) is 0.940. The van der Waals surface area contributed by atoms with Crippen molar-refractivity contribution in [2.75, 3.05) is 12.3 Å². The van der Waals surface area contributed by atoms with Crippen molar-refractivity contribution in [1.29, 1.82) is 0 Å². The lowest BCUT2D eigenvalue weighted by molar-refractivity contribution is 0.0956. The van der Waals surface area contributed by atoms with Crippen LogP contribution in [0.1, 0.15) is 16.1 Å². The number of benzene rings is 1. The molecular weight excluding hydrogens is 400 g/mol. The number of imidazole rings is 1. The number of nitrogens with zero attached hydrogens (tertiary/aromatic N) is 2. The van der Waals surface area contributed by atoms with E-state index in [1.54, 1.807) is 30.1 Å². The molecule has 3 aromatic rings. The number of sulfonamides is 1. The van der Waals surface area contributed by atoms with E-state index in [9.17, 15) is 13.2 Å². The molecule has 0 fully saturated rings. The monoisotopic (exact) mass is 420 g/mol. The van der Waals surface area contributed by atoms with Gasteiger partial charge in [-0.05, 0) is 36.4 Å². The molecule has 0 saturated carbocycles. The van der Waals surface area contributed by atoms with Gasteiger partial charge >= 0.3 is 0 Å². The van der Waals surface area contributed by atoms with E-state index in [0.29, 0.717) is 23.6 Å². The number of hydrogen-bond acceptors (Lipinski definition) is 6. The Morgan fingerprint density at radius 1 is 1.25 bits per heavy atom. The van der Waals surface area contributed by atoms with Gasteiger partial charge in [-0.15, -0.1) is 0 Å². The zero-order valence-corrected chi connectivity index (χ0v) is 16.8. The average molecular weight is 421 g/mol. The van der Waals surface area contributed by atoms with Crippen LogP contribution in [0.25, 0.3) is 0 Å². The highest BCUT2D eigenvalue weighted by Crippen LogP contribution is 2.14. The van der Waals surface area contributed by atoms with E-state index < -0.39 is 10.0 Å². The molecule has 0 spiro atoms. The minimum Gasteiger partial charge on any atom is -0.468 e. The number of carbonyl (C=O) groups is 1. The van der Waals surface area contributed by atoms with E-state index in [1.807, 2.05) is 17.8 Å². The first-order valence-electron chi connectivity index (χ1n) is 8.46. The van der Waals surface area contributed by atoms with Gasteiger partial charge in [-0.2, -0.15) is 0 Å². The molecule has 0 saturated heterocycles. The lowest BCUT2D eigenvalue weighted by atomic mass is 10.2. The fourth-order valence-electron chi connectivity index (χ4n) is 2.35. The molecule has 0 aliphatic rings. The van der Waals surface area contributed by atoms with Crippen LogP contribution in [0.2, 0.25) is 0 Å². The Morgan fingerprint density at radius 2 is 2.04 bits per heavy atom. The maximum absolute atomic E-state index is 12.3. The number of carbonyl (C=O) groups excluding carboxylic acids is 1. The molecule has 0 aliphatic heterocycles. The molecule has 1 amide bonds. The number of amides is 1. The Labute approximate surface area is 167 Å². The van der Waals surface area contributed by atoms with Crippen molar-refractivity contribution in [2.24, 2.45) is 7.05 Å². The van der Waals surface area contributed by atoms with Crippen LogP contribution in [-0.4, -0.2) is 36.2 Å². The molecule has 8 nitrogen and oxygen atoms in total. The van der Waals surface area contributed by atoms with Crippen molar-refractivity contribution < 1.29 is 17.6 Å². The number of aryl methyl sites for hydroxylation is 1. The molecular formula is C18H20N4O4S2. The zero-order valence-electron chi connectivity index (χ0n) is 15.2. The van der Waals surface area contributed by atoms with Crippen LogP contribution in [-0.2, 0) is 23.6 Å². The Bertz CT molecular complexity index is 1010. The molecule has 28 heavy (non-hydrogen) atoms. The standard InChI is InChI=1S/C18H20N4O4S2/c1-22-10-8-20-18(22)27-12-9-19-17(23)14-4-6-16(7-5-14)28(24,25)21-13-15-3-2-11-26-15/h2-8,10-11,21H,9,12-13H2,1H3,(H,19,23). The average Bonchev–Trinajstić information content (AvgIpc) is 3.35. The van der Waals surface area contributed by atoms with Gasteiger partial charge in [-0.1, -0.05) is 11.8 Å². The van der Waals surface area contributed by atoms with Crippen molar-refractivity contribution in [1.82, 2.24) is 19.6 Å². The number of nitrogens with one attached hydrogen (secondary N) is 2.